The van der Waals surface area contributed by atoms with Crippen molar-refractivity contribution in [2.75, 3.05) is 0 Å². The molecule has 2 aromatic carbocycles. The maximum Gasteiger partial charge on any atom is 0.200 e. The van der Waals surface area contributed by atoms with Gasteiger partial charge in [0.15, 0.2) is 0 Å². The summed E-state index contributed by atoms with van der Waals surface area (Å²) in [6.45, 7) is 0. The summed E-state index contributed by atoms with van der Waals surface area (Å²) in [4.78, 5) is 14.0. The van der Waals surface area contributed by atoms with E-state index in [1.165, 1.54) is 11.8 Å². The number of Topliss-reactive ketones (excluding diaryl/α,β-unsaturated/α-hetero) is 1. The van der Waals surface area contributed by atoms with Crippen molar-refractivity contribution in [3.8, 4) is 11.3 Å². The normalized spacial score (nSPS) is 15.2. The standard InChI is InChI=1S/C19H11ClO2S/c20-15-7-3-1-5-13(15)16-10-9-12(22-16)11-18-19(21)14-6-2-4-8-17(14)23-18/h1-11H/b18-11+. The first-order chi connectivity index (χ1) is 11.2. The van der Waals surface area contributed by atoms with Crippen LogP contribution in [-0.4, -0.2) is 5.78 Å². The molecule has 1 aliphatic rings. The minimum absolute atomic E-state index is 0.0429. The number of halogens is 1. The zero-order chi connectivity index (χ0) is 15.8. The Morgan fingerprint density at radius 2 is 1.65 bits per heavy atom. The Labute approximate surface area is 142 Å². The van der Waals surface area contributed by atoms with Crippen LogP contribution in [0.1, 0.15) is 16.1 Å². The lowest BCUT2D eigenvalue weighted by molar-refractivity contribution is 0.104. The van der Waals surface area contributed by atoms with Crippen LogP contribution in [0.5, 0.6) is 0 Å². The Hall–Kier alpha value is -2.23. The highest BCUT2D eigenvalue weighted by Gasteiger charge is 2.25. The second-order valence-corrected chi connectivity index (χ2v) is 6.61. The highest BCUT2D eigenvalue weighted by atomic mass is 35.5. The number of benzene rings is 2. The van der Waals surface area contributed by atoms with Crippen molar-refractivity contribution in [3.05, 3.63) is 81.9 Å². The van der Waals surface area contributed by atoms with Crippen molar-refractivity contribution in [2.45, 2.75) is 4.90 Å². The molecule has 112 valence electrons. The van der Waals surface area contributed by atoms with E-state index in [0.717, 1.165) is 16.0 Å². The molecule has 4 rings (SSSR count). The molecule has 0 bridgehead atoms. The third kappa shape index (κ3) is 2.62. The quantitative estimate of drug-likeness (QED) is 0.542. The van der Waals surface area contributed by atoms with E-state index >= 15 is 0 Å². The van der Waals surface area contributed by atoms with Gasteiger partial charge in [0.2, 0.25) is 5.78 Å². The van der Waals surface area contributed by atoms with Gasteiger partial charge in [-0.2, -0.15) is 0 Å². The molecule has 0 fully saturated rings. The summed E-state index contributed by atoms with van der Waals surface area (Å²) >= 11 is 7.66. The van der Waals surface area contributed by atoms with Gasteiger partial charge in [0.1, 0.15) is 11.5 Å². The first-order valence-corrected chi connectivity index (χ1v) is 8.30. The summed E-state index contributed by atoms with van der Waals surface area (Å²) in [5.74, 6) is 1.38. The minimum Gasteiger partial charge on any atom is -0.457 e. The molecule has 0 amide bonds. The van der Waals surface area contributed by atoms with E-state index in [-0.39, 0.29) is 5.78 Å². The number of carbonyl (C=O) groups excluding carboxylic acids is 1. The van der Waals surface area contributed by atoms with Gasteiger partial charge in [0.25, 0.3) is 0 Å². The molecule has 0 atom stereocenters. The highest BCUT2D eigenvalue weighted by molar-refractivity contribution is 8.04. The summed E-state index contributed by atoms with van der Waals surface area (Å²) in [5.41, 5.74) is 1.59. The Bertz CT molecular complexity index is 940. The molecule has 0 radical (unpaired) electrons. The van der Waals surface area contributed by atoms with Crippen LogP contribution in [0.2, 0.25) is 5.02 Å². The molecule has 0 saturated carbocycles. The lowest BCUT2D eigenvalue weighted by atomic mass is 10.1. The first kappa shape index (κ1) is 14.4. The van der Waals surface area contributed by atoms with E-state index in [2.05, 4.69) is 0 Å². The summed E-state index contributed by atoms with van der Waals surface area (Å²) in [5, 5.41) is 0.639. The monoisotopic (exact) mass is 338 g/mol. The van der Waals surface area contributed by atoms with Crippen LogP contribution in [0.4, 0.5) is 0 Å². The SMILES string of the molecule is O=C1/C(=C\c2ccc(-c3ccccc3Cl)o2)Sc2ccccc21. The number of carbonyl (C=O) groups is 1. The molecule has 4 heteroatoms. The first-order valence-electron chi connectivity index (χ1n) is 7.10. The van der Waals surface area contributed by atoms with E-state index < -0.39 is 0 Å². The number of ketones is 1. The third-order valence-corrected chi connectivity index (χ3v) is 5.04. The fraction of sp³-hybridized carbons (Fsp3) is 0. The van der Waals surface area contributed by atoms with Gasteiger partial charge in [-0.25, -0.2) is 0 Å². The van der Waals surface area contributed by atoms with Gasteiger partial charge in [0.05, 0.1) is 9.93 Å². The number of hydrogen-bond acceptors (Lipinski definition) is 3. The molecule has 1 aliphatic heterocycles. The van der Waals surface area contributed by atoms with Crippen molar-refractivity contribution in [1.29, 1.82) is 0 Å². The van der Waals surface area contributed by atoms with Crippen molar-refractivity contribution >= 4 is 35.2 Å². The molecule has 3 aromatic rings. The van der Waals surface area contributed by atoms with Crippen LogP contribution in [0.15, 0.2) is 74.9 Å². The maximum atomic E-state index is 12.4. The molecule has 0 saturated heterocycles. The minimum atomic E-state index is 0.0429. The van der Waals surface area contributed by atoms with Crippen LogP contribution in [0, 0.1) is 0 Å². The van der Waals surface area contributed by atoms with Crippen molar-refractivity contribution in [2.24, 2.45) is 0 Å². The molecule has 23 heavy (non-hydrogen) atoms. The molecule has 1 aromatic heterocycles. The fourth-order valence-corrected chi connectivity index (χ4v) is 3.76. The second kappa shape index (κ2) is 5.76. The average Bonchev–Trinajstić information content (AvgIpc) is 3.14. The number of allylic oxidation sites excluding steroid dienone is 1. The molecule has 0 N–H and O–H groups in total. The zero-order valence-electron chi connectivity index (χ0n) is 12.0. The molecule has 0 unspecified atom stereocenters. The number of thioether (sulfide) groups is 1. The van der Waals surface area contributed by atoms with Crippen LogP contribution in [-0.2, 0) is 0 Å². The van der Waals surface area contributed by atoms with Gasteiger partial charge in [-0.1, -0.05) is 47.6 Å². The Morgan fingerprint density at radius 3 is 2.43 bits per heavy atom. The Balaban J connectivity index is 1.67. The molecule has 2 heterocycles. The summed E-state index contributed by atoms with van der Waals surface area (Å²) in [7, 11) is 0. The van der Waals surface area contributed by atoms with Crippen LogP contribution >= 0.6 is 23.4 Å². The smallest absolute Gasteiger partial charge is 0.200 e. The number of fused-ring (bicyclic) bond motifs is 1. The zero-order valence-corrected chi connectivity index (χ0v) is 13.5. The predicted octanol–water partition coefficient (Wildman–Crippen LogP) is 5.93. The summed E-state index contributed by atoms with van der Waals surface area (Å²) in [6.07, 6.45) is 1.79. The van der Waals surface area contributed by atoms with Crippen molar-refractivity contribution in [3.63, 3.8) is 0 Å². The lowest BCUT2D eigenvalue weighted by Crippen LogP contribution is -1.93. The summed E-state index contributed by atoms with van der Waals surface area (Å²) < 4.78 is 5.83. The molecular formula is C19H11ClO2S. The van der Waals surface area contributed by atoms with Crippen molar-refractivity contribution in [1.82, 2.24) is 0 Å². The fourth-order valence-electron chi connectivity index (χ4n) is 2.50. The van der Waals surface area contributed by atoms with Gasteiger partial charge in [0, 0.05) is 16.0 Å². The van der Waals surface area contributed by atoms with Crippen LogP contribution in [0.3, 0.4) is 0 Å². The molecule has 0 spiro atoms. The van der Waals surface area contributed by atoms with Gasteiger partial charge < -0.3 is 4.42 Å². The Morgan fingerprint density at radius 1 is 0.913 bits per heavy atom. The van der Waals surface area contributed by atoms with Gasteiger partial charge >= 0.3 is 0 Å². The van der Waals surface area contributed by atoms with E-state index in [9.17, 15) is 4.79 Å². The third-order valence-electron chi connectivity index (χ3n) is 3.61. The van der Waals surface area contributed by atoms with E-state index in [1.807, 2.05) is 60.7 Å². The number of furan rings is 1. The number of hydrogen-bond donors (Lipinski definition) is 0. The van der Waals surface area contributed by atoms with Crippen molar-refractivity contribution < 1.29 is 9.21 Å². The largest absolute Gasteiger partial charge is 0.457 e. The van der Waals surface area contributed by atoms with Crippen LogP contribution in [0.25, 0.3) is 17.4 Å². The van der Waals surface area contributed by atoms with Gasteiger partial charge in [-0.05, 0) is 42.5 Å². The average molecular weight is 339 g/mol. The maximum absolute atomic E-state index is 12.4. The van der Waals surface area contributed by atoms with Crippen LogP contribution < -0.4 is 0 Å². The Kier molecular flexibility index (Phi) is 3.60. The molecule has 0 aliphatic carbocycles. The number of rotatable bonds is 2. The summed E-state index contributed by atoms with van der Waals surface area (Å²) in [6, 6.07) is 18.9. The second-order valence-electron chi connectivity index (χ2n) is 5.12. The van der Waals surface area contributed by atoms with Gasteiger partial charge in [-0.3, -0.25) is 4.79 Å². The van der Waals surface area contributed by atoms with E-state index in [1.54, 1.807) is 6.08 Å². The van der Waals surface area contributed by atoms with Gasteiger partial charge in [-0.15, -0.1) is 0 Å². The topological polar surface area (TPSA) is 30.2 Å². The van der Waals surface area contributed by atoms with E-state index in [4.69, 9.17) is 16.0 Å². The lowest BCUT2D eigenvalue weighted by Gasteiger charge is -1.99. The molecule has 2 nitrogen and oxygen atoms in total. The molecular weight excluding hydrogens is 328 g/mol. The highest BCUT2D eigenvalue weighted by Crippen LogP contribution is 2.41. The predicted molar refractivity (Wildman–Crippen MR) is 93.8 cm³/mol. The van der Waals surface area contributed by atoms with E-state index in [0.29, 0.717) is 21.4 Å².